The lowest BCUT2D eigenvalue weighted by Gasteiger charge is -2.29. The molecule has 3 aliphatic rings. The van der Waals surface area contributed by atoms with Crippen LogP contribution in [0.25, 0.3) is 0 Å². The molecule has 5 atom stereocenters. The Morgan fingerprint density at radius 3 is 2.52 bits per heavy atom. The van der Waals surface area contributed by atoms with E-state index in [0.717, 1.165) is 31.3 Å². The van der Waals surface area contributed by atoms with E-state index in [1.54, 1.807) is 7.11 Å². The highest BCUT2D eigenvalue weighted by molar-refractivity contribution is 5.80. The molecular weight excluding hydrogens is 340 g/mol. The van der Waals surface area contributed by atoms with Gasteiger partial charge in [-0.15, -0.1) is 0 Å². The third-order valence-electron chi connectivity index (χ3n) is 6.54. The molecule has 0 saturated carbocycles. The van der Waals surface area contributed by atoms with Gasteiger partial charge in [-0.05, 0) is 33.0 Å². The van der Waals surface area contributed by atoms with E-state index in [1.165, 1.54) is 18.4 Å². The Bertz CT molecular complexity index is 675. The van der Waals surface area contributed by atoms with Crippen molar-refractivity contribution in [3.8, 4) is 5.75 Å². The fourth-order valence-electron chi connectivity index (χ4n) is 5.17. The van der Waals surface area contributed by atoms with Gasteiger partial charge < -0.3 is 24.6 Å². The van der Waals surface area contributed by atoms with Crippen LogP contribution in [0.1, 0.15) is 24.4 Å². The standard InChI is InChI=1S/C21H32N4O2/c1-22-21(25-12-15-16(13-25)20-10-9-19(15)27-20)23-11-17(24(2)3)14-7-5-6-8-18(14)26-4/h5-8,15-17,19-20H,9-13H2,1-4H3,(H,22,23). The van der Waals surface area contributed by atoms with Crippen LogP contribution in [-0.2, 0) is 4.74 Å². The monoisotopic (exact) mass is 372 g/mol. The Morgan fingerprint density at radius 2 is 1.93 bits per heavy atom. The average Bonchev–Trinajstić information content (AvgIpc) is 3.38. The molecule has 5 unspecified atom stereocenters. The van der Waals surface area contributed by atoms with E-state index >= 15 is 0 Å². The summed E-state index contributed by atoms with van der Waals surface area (Å²) in [6, 6.07) is 8.46. The zero-order chi connectivity index (χ0) is 19.0. The first kappa shape index (κ1) is 18.6. The molecule has 0 spiro atoms. The lowest BCUT2D eigenvalue weighted by Crippen LogP contribution is -2.44. The number of para-hydroxylation sites is 1. The van der Waals surface area contributed by atoms with Gasteiger partial charge in [0.15, 0.2) is 5.96 Å². The number of aliphatic imine (C=N–C) groups is 1. The Balaban J connectivity index is 1.43. The molecule has 6 heteroatoms. The molecule has 2 bridgehead atoms. The van der Waals surface area contributed by atoms with Gasteiger partial charge in [-0.3, -0.25) is 4.99 Å². The minimum absolute atomic E-state index is 0.208. The number of ether oxygens (including phenoxy) is 2. The fraction of sp³-hybridized carbons (Fsp3) is 0.667. The highest BCUT2D eigenvalue weighted by atomic mass is 16.5. The average molecular weight is 373 g/mol. The molecule has 4 rings (SSSR count). The topological polar surface area (TPSA) is 49.3 Å². The minimum Gasteiger partial charge on any atom is -0.496 e. The van der Waals surface area contributed by atoms with Gasteiger partial charge in [-0.1, -0.05) is 18.2 Å². The molecular formula is C21H32N4O2. The first-order valence-electron chi connectivity index (χ1n) is 10.0. The number of likely N-dealkylation sites (tertiary alicyclic amines) is 1. The summed E-state index contributed by atoms with van der Waals surface area (Å²) in [7, 11) is 7.83. The largest absolute Gasteiger partial charge is 0.496 e. The third-order valence-corrected chi connectivity index (χ3v) is 6.54. The molecule has 1 aromatic carbocycles. The highest BCUT2D eigenvalue weighted by Crippen LogP contribution is 2.47. The van der Waals surface area contributed by atoms with E-state index < -0.39 is 0 Å². The molecule has 1 N–H and O–H groups in total. The van der Waals surface area contributed by atoms with Crippen LogP contribution in [0.3, 0.4) is 0 Å². The van der Waals surface area contributed by atoms with Gasteiger partial charge in [0.25, 0.3) is 0 Å². The van der Waals surface area contributed by atoms with Crippen molar-refractivity contribution in [1.29, 1.82) is 0 Å². The number of hydrogen-bond donors (Lipinski definition) is 1. The Morgan fingerprint density at radius 1 is 1.26 bits per heavy atom. The van der Waals surface area contributed by atoms with Crippen molar-refractivity contribution in [3.05, 3.63) is 29.8 Å². The molecule has 3 aliphatic heterocycles. The van der Waals surface area contributed by atoms with E-state index in [1.807, 2.05) is 19.2 Å². The number of benzene rings is 1. The van der Waals surface area contributed by atoms with E-state index in [9.17, 15) is 0 Å². The van der Waals surface area contributed by atoms with Crippen molar-refractivity contribution in [1.82, 2.24) is 15.1 Å². The van der Waals surface area contributed by atoms with Crippen LogP contribution in [0.5, 0.6) is 5.75 Å². The van der Waals surface area contributed by atoms with Gasteiger partial charge in [0.2, 0.25) is 0 Å². The van der Waals surface area contributed by atoms with Gasteiger partial charge in [-0.25, -0.2) is 0 Å². The molecule has 148 valence electrons. The van der Waals surface area contributed by atoms with Crippen LogP contribution in [-0.4, -0.2) is 75.9 Å². The van der Waals surface area contributed by atoms with Crippen LogP contribution in [0.4, 0.5) is 0 Å². The molecule has 3 saturated heterocycles. The van der Waals surface area contributed by atoms with Crippen molar-refractivity contribution in [2.45, 2.75) is 31.1 Å². The molecule has 27 heavy (non-hydrogen) atoms. The molecule has 0 aliphatic carbocycles. The number of methoxy groups -OCH3 is 1. The van der Waals surface area contributed by atoms with Crippen LogP contribution in [0.15, 0.2) is 29.3 Å². The maximum absolute atomic E-state index is 6.11. The van der Waals surface area contributed by atoms with Crippen LogP contribution in [0, 0.1) is 11.8 Å². The van der Waals surface area contributed by atoms with Gasteiger partial charge in [-0.2, -0.15) is 0 Å². The zero-order valence-electron chi connectivity index (χ0n) is 16.9. The van der Waals surface area contributed by atoms with Crippen LogP contribution < -0.4 is 10.1 Å². The minimum atomic E-state index is 0.208. The number of likely N-dealkylation sites (N-methyl/N-ethyl adjacent to an activating group) is 1. The van der Waals surface area contributed by atoms with Crippen molar-refractivity contribution in [2.24, 2.45) is 16.8 Å². The first-order chi connectivity index (χ1) is 13.1. The predicted molar refractivity (Wildman–Crippen MR) is 107 cm³/mol. The predicted octanol–water partition coefficient (Wildman–Crippen LogP) is 1.98. The summed E-state index contributed by atoms with van der Waals surface area (Å²) in [5, 5.41) is 3.62. The summed E-state index contributed by atoms with van der Waals surface area (Å²) in [6.07, 6.45) is 3.43. The Hall–Kier alpha value is -1.79. The summed E-state index contributed by atoms with van der Waals surface area (Å²) in [4.78, 5) is 9.23. The molecule has 3 fully saturated rings. The van der Waals surface area contributed by atoms with E-state index in [2.05, 4.69) is 46.3 Å². The molecule has 0 amide bonds. The number of nitrogens with zero attached hydrogens (tertiary/aromatic N) is 3. The molecule has 3 heterocycles. The maximum Gasteiger partial charge on any atom is 0.193 e. The Kier molecular flexibility index (Phi) is 5.28. The highest BCUT2D eigenvalue weighted by Gasteiger charge is 2.53. The molecule has 6 nitrogen and oxygen atoms in total. The lowest BCUT2D eigenvalue weighted by molar-refractivity contribution is 0.0766. The SMILES string of the molecule is CN=C(NCC(c1ccccc1OC)N(C)C)N1CC2C3CCC(O3)C2C1. The normalized spacial score (nSPS) is 30.7. The Labute approximate surface area is 162 Å². The van der Waals surface area contributed by atoms with Gasteiger partial charge in [0.1, 0.15) is 5.75 Å². The number of fused-ring (bicyclic) bond motifs is 5. The maximum atomic E-state index is 6.11. The summed E-state index contributed by atoms with van der Waals surface area (Å²) >= 11 is 0. The zero-order valence-corrected chi connectivity index (χ0v) is 16.9. The van der Waals surface area contributed by atoms with Gasteiger partial charge in [0, 0.05) is 44.1 Å². The number of guanidine groups is 1. The number of hydrogen-bond acceptors (Lipinski definition) is 4. The quantitative estimate of drug-likeness (QED) is 0.633. The van der Waals surface area contributed by atoms with Crippen molar-refractivity contribution >= 4 is 5.96 Å². The summed E-state index contributed by atoms with van der Waals surface area (Å²) in [5.41, 5.74) is 1.19. The third kappa shape index (κ3) is 3.41. The summed E-state index contributed by atoms with van der Waals surface area (Å²) in [6.45, 7) is 2.91. The molecule has 0 aromatic heterocycles. The second kappa shape index (κ2) is 7.68. The van der Waals surface area contributed by atoms with E-state index in [4.69, 9.17) is 9.47 Å². The van der Waals surface area contributed by atoms with Gasteiger partial charge >= 0.3 is 0 Å². The van der Waals surface area contributed by atoms with Crippen LogP contribution in [0.2, 0.25) is 0 Å². The van der Waals surface area contributed by atoms with Crippen molar-refractivity contribution < 1.29 is 9.47 Å². The number of rotatable bonds is 5. The molecule has 1 aromatic rings. The lowest BCUT2D eigenvalue weighted by atomic mass is 9.82. The smallest absolute Gasteiger partial charge is 0.193 e. The second-order valence-corrected chi connectivity index (χ2v) is 8.17. The van der Waals surface area contributed by atoms with Crippen LogP contribution >= 0.6 is 0 Å². The van der Waals surface area contributed by atoms with E-state index in [-0.39, 0.29) is 6.04 Å². The van der Waals surface area contributed by atoms with E-state index in [0.29, 0.717) is 24.0 Å². The molecule has 0 radical (unpaired) electrons. The summed E-state index contributed by atoms with van der Waals surface area (Å²) in [5.74, 6) is 3.30. The first-order valence-corrected chi connectivity index (χ1v) is 10.0. The fourth-order valence-corrected chi connectivity index (χ4v) is 5.17. The van der Waals surface area contributed by atoms with Crippen molar-refractivity contribution in [3.63, 3.8) is 0 Å². The number of nitrogens with one attached hydrogen (secondary N) is 1. The summed E-state index contributed by atoms with van der Waals surface area (Å²) < 4.78 is 11.7. The van der Waals surface area contributed by atoms with Gasteiger partial charge in [0.05, 0.1) is 25.4 Å². The second-order valence-electron chi connectivity index (χ2n) is 8.17. The van der Waals surface area contributed by atoms with Crippen molar-refractivity contribution in [2.75, 3.05) is 47.9 Å².